The normalized spacial score (nSPS) is 11.0. The number of benzene rings is 2. The van der Waals surface area contributed by atoms with Crippen LogP contribution in [-0.4, -0.2) is 21.6 Å². The highest BCUT2D eigenvalue weighted by Crippen LogP contribution is 2.32. The van der Waals surface area contributed by atoms with E-state index < -0.39 is 0 Å². The Morgan fingerprint density at radius 2 is 1.87 bits per heavy atom. The third kappa shape index (κ3) is 5.61. The SMILES string of the molecule is O=C(CCCSc1ccc(Cl)cc1)N(Cc1ccncc1)c1nc2c(F)cccc2s1. The molecule has 0 aliphatic heterocycles. The molecule has 0 atom stereocenters. The molecule has 0 spiro atoms. The summed E-state index contributed by atoms with van der Waals surface area (Å²) in [7, 11) is 0. The van der Waals surface area contributed by atoms with Gasteiger partial charge in [0.15, 0.2) is 5.13 Å². The molecule has 0 bridgehead atoms. The van der Waals surface area contributed by atoms with Gasteiger partial charge in [0.05, 0.1) is 11.2 Å². The number of amides is 1. The van der Waals surface area contributed by atoms with Crippen LogP contribution in [0.25, 0.3) is 10.2 Å². The van der Waals surface area contributed by atoms with Crippen LogP contribution in [0, 0.1) is 5.82 Å². The Balaban J connectivity index is 1.47. The highest BCUT2D eigenvalue weighted by atomic mass is 35.5. The fourth-order valence-electron chi connectivity index (χ4n) is 3.03. The summed E-state index contributed by atoms with van der Waals surface area (Å²) >= 11 is 8.93. The van der Waals surface area contributed by atoms with E-state index in [0.717, 1.165) is 27.3 Å². The maximum Gasteiger partial charge on any atom is 0.229 e. The molecule has 31 heavy (non-hydrogen) atoms. The molecule has 0 unspecified atom stereocenters. The summed E-state index contributed by atoms with van der Waals surface area (Å²) in [4.78, 5) is 24.3. The summed E-state index contributed by atoms with van der Waals surface area (Å²) in [5, 5.41) is 1.21. The number of carbonyl (C=O) groups is 1. The zero-order chi connectivity index (χ0) is 21.6. The van der Waals surface area contributed by atoms with E-state index in [-0.39, 0.29) is 11.7 Å². The average molecular weight is 472 g/mol. The minimum absolute atomic E-state index is 0.0343. The Morgan fingerprint density at radius 1 is 1.10 bits per heavy atom. The first-order valence-electron chi connectivity index (χ1n) is 9.73. The molecule has 0 aliphatic carbocycles. The molecule has 1 amide bonds. The number of fused-ring (bicyclic) bond motifs is 1. The molecule has 0 fully saturated rings. The molecule has 2 aromatic carbocycles. The van der Waals surface area contributed by atoms with E-state index in [1.54, 1.807) is 35.1 Å². The lowest BCUT2D eigenvalue weighted by molar-refractivity contribution is -0.118. The molecule has 2 heterocycles. The van der Waals surface area contributed by atoms with Gasteiger partial charge in [-0.15, -0.1) is 11.8 Å². The monoisotopic (exact) mass is 471 g/mol. The number of halogens is 2. The van der Waals surface area contributed by atoms with Gasteiger partial charge in [0.2, 0.25) is 5.91 Å². The van der Waals surface area contributed by atoms with Crippen molar-refractivity contribution in [1.82, 2.24) is 9.97 Å². The van der Waals surface area contributed by atoms with Crippen molar-refractivity contribution in [3.05, 3.63) is 83.4 Å². The quantitative estimate of drug-likeness (QED) is 0.215. The number of nitrogens with zero attached hydrogens (tertiary/aromatic N) is 3. The van der Waals surface area contributed by atoms with Crippen LogP contribution in [0.2, 0.25) is 5.02 Å². The zero-order valence-electron chi connectivity index (χ0n) is 16.5. The van der Waals surface area contributed by atoms with Crippen LogP contribution in [-0.2, 0) is 11.3 Å². The van der Waals surface area contributed by atoms with Gasteiger partial charge in [-0.3, -0.25) is 14.7 Å². The minimum atomic E-state index is -0.379. The molecule has 0 saturated carbocycles. The number of pyridine rings is 1. The number of para-hydroxylation sites is 1. The number of hydrogen-bond acceptors (Lipinski definition) is 5. The molecule has 4 rings (SSSR count). The largest absolute Gasteiger partial charge is 0.284 e. The molecule has 8 heteroatoms. The molecule has 158 valence electrons. The van der Waals surface area contributed by atoms with Gasteiger partial charge in [0, 0.05) is 28.7 Å². The second kappa shape index (κ2) is 10.2. The fraction of sp³-hybridized carbons (Fsp3) is 0.174. The molecule has 0 aliphatic rings. The summed E-state index contributed by atoms with van der Waals surface area (Å²) in [5.74, 6) is 0.397. The van der Waals surface area contributed by atoms with E-state index >= 15 is 0 Å². The van der Waals surface area contributed by atoms with Crippen molar-refractivity contribution < 1.29 is 9.18 Å². The lowest BCUT2D eigenvalue weighted by Gasteiger charge is -2.20. The van der Waals surface area contributed by atoms with Crippen molar-refractivity contribution in [2.24, 2.45) is 0 Å². The van der Waals surface area contributed by atoms with E-state index in [9.17, 15) is 9.18 Å². The van der Waals surface area contributed by atoms with Crippen molar-refractivity contribution in [1.29, 1.82) is 0 Å². The first-order chi connectivity index (χ1) is 15.1. The third-order valence-corrected chi connectivity index (χ3v) is 6.99. The van der Waals surface area contributed by atoms with Gasteiger partial charge >= 0.3 is 0 Å². The van der Waals surface area contributed by atoms with Crippen molar-refractivity contribution in [3.8, 4) is 0 Å². The maximum atomic E-state index is 14.1. The van der Waals surface area contributed by atoms with Crippen molar-refractivity contribution in [2.45, 2.75) is 24.3 Å². The van der Waals surface area contributed by atoms with E-state index in [1.165, 1.54) is 17.4 Å². The summed E-state index contributed by atoms with van der Waals surface area (Å²) in [6.45, 7) is 0.368. The average Bonchev–Trinajstić information content (AvgIpc) is 3.22. The van der Waals surface area contributed by atoms with Crippen molar-refractivity contribution >= 4 is 56.0 Å². The number of carbonyl (C=O) groups excluding carboxylic acids is 1. The van der Waals surface area contributed by atoms with Crippen LogP contribution >= 0.6 is 34.7 Å². The summed E-state index contributed by atoms with van der Waals surface area (Å²) < 4.78 is 14.9. The predicted molar refractivity (Wildman–Crippen MR) is 126 cm³/mol. The van der Waals surface area contributed by atoms with Crippen LogP contribution in [0.3, 0.4) is 0 Å². The Kier molecular flexibility index (Phi) is 7.17. The first-order valence-corrected chi connectivity index (χ1v) is 11.9. The lowest BCUT2D eigenvalue weighted by atomic mass is 10.2. The van der Waals surface area contributed by atoms with Gasteiger partial charge < -0.3 is 0 Å². The van der Waals surface area contributed by atoms with Crippen LogP contribution in [0.1, 0.15) is 18.4 Å². The van der Waals surface area contributed by atoms with E-state index in [2.05, 4.69) is 9.97 Å². The van der Waals surface area contributed by atoms with Crippen molar-refractivity contribution in [3.63, 3.8) is 0 Å². The van der Waals surface area contributed by atoms with Crippen LogP contribution in [0.5, 0.6) is 0 Å². The second-order valence-electron chi connectivity index (χ2n) is 6.82. The molecular formula is C23H19ClFN3OS2. The molecule has 4 nitrogen and oxygen atoms in total. The van der Waals surface area contributed by atoms with Crippen LogP contribution in [0.15, 0.2) is 71.9 Å². The molecule has 0 radical (unpaired) electrons. The summed E-state index contributed by atoms with van der Waals surface area (Å²) in [6.07, 6.45) is 4.49. The third-order valence-electron chi connectivity index (χ3n) is 4.60. The lowest BCUT2D eigenvalue weighted by Crippen LogP contribution is -2.30. The Hall–Kier alpha value is -2.48. The topological polar surface area (TPSA) is 46.1 Å². The smallest absolute Gasteiger partial charge is 0.229 e. The second-order valence-corrected chi connectivity index (χ2v) is 9.44. The first kappa shape index (κ1) is 21.7. The number of thiazole rings is 1. The van der Waals surface area contributed by atoms with Gasteiger partial charge in [0.25, 0.3) is 0 Å². The number of anilines is 1. The highest BCUT2D eigenvalue weighted by Gasteiger charge is 2.21. The number of thioether (sulfide) groups is 1. The molecule has 4 aromatic rings. The van der Waals surface area contributed by atoms with Crippen LogP contribution in [0.4, 0.5) is 9.52 Å². The molecular weight excluding hydrogens is 453 g/mol. The Bertz CT molecular complexity index is 1170. The van der Waals surface area contributed by atoms with E-state index in [1.807, 2.05) is 42.5 Å². The van der Waals surface area contributed by atoms with Gasteiger partial charge in [-0.2, -0.15) is 0 Å². The maximum absolute atomic E-state index is 14.1. The standard InChI is InChI=1S/C23H19ClFN3OS2/c24-17-6-8-18(9-7-17)30-14-2-5-21(29)28(15-16-10-12-26-13-11-16)23-27-22-19(25)3-1-4-20(22)31-23/h1,3-4,6-13H,2,5,14-15H2. The zero-order valence-corrected chi connectivity index (χ0v) is 18.9. The number of aromatic nitrogens is 2. The van der Waals surface area contributed by atoms with Crippen molar-refractivity contribution in [2.75, 3.05) is 10.7 Å². The van der Waals surface area contributed by atoms with Gasteiger partial charge in [-0.25, -0.2) is 9.37 Å². The van der Waals surface area contributed by atoms with E-state index in [4.69, 9.17) is 11.6 Å². The predicted octanol–water partition coefficient (Wildman–Crippen LogP) is 6.59. The summed E-state index contributed by atoms with van der Waals surface area (Å²) in [6, 6.07) is 16.3. The molecule has 0 saturated heterocycles. The minimum Gasteiger partial charge on any atom is -0.284 e. The van der Waals surface area contributed by atoms with Gasteiger partial charge in [-0.1, -0.05) is 29.0 Å². The number of hydrogen-bond donors (Lipinski definition) is 0. The van der Waals surface area contributed by atoms with Crippen LogP contribution < -0.4 is 4.90 Å². The van der Waals surface area contributed by atoms with Gasteiger partial charge in [-0.05, 0) is 66.3 Å². The van der Waals surface area contributed by atoms with E-state index in [0.29, 0.717) is 28.6 Å². The molecule has 2 aromatic heterocycles. The highest BCUT2D eigenvalue weighted by molar-refractivity contribution is 7.99. The fourth-order valence-corrected chi connectivity index (χ4v) is 5.01. The van der Waals surface area contributed by atoms with Gasteiger partial charge in [0.1, 0.15) is 11.3 Å². The number of rotatable bonds is 8. The Morgan fingerprint density at radius 3 is 2.61 bits per heavy atom. The summed E-state index contributed by atoms with van der Waals surface area (Å²) in [5.41, 5.74) is 1.24. The molecule has 0 N–H and O–H groups in total. The Labute approximate surface area is 193 Å².